The smallest absolute Gasteiger partial charge is 0.0233 e. The van der Waals surface area contributed by atoms with Gasteiger partial charge in [0.05, 0.1) is 0 Å². The minimum atomic E-state index is 0.404. The van der Waals surface area contributed by atoms with Crippen molar-refractivity contribution < 1.29 is 0 Å². The van der Waals surface area contributed by atoms with Crippen LogP contribution in [0, 0.1) is 5.41 Å². The van der Waals surface area contributed by atoms with E-state index in [-0.39, 0.29) is 0 Å². The van der Waals surface area contributed by atoms with E-state index in [1.54, 1.807) is 0 Å². The zero-order valence-electron chi connectivity index (χ0n) is 13.8. The fourth-order valence-electron chi connectivity index (χ4n) is 2.77. The van der Waals surface area contributed by atoms with Crippen LogP contribution >= 0.6 is 0 Å². The molecule has 0 heterocycles. The minimum Gasteiger partial charge on any atom is -0.316 e. The molecule has 1 N–H and O–H groups in total. The first kappa shape index (κ1) is 17.2. The number of hydrogen-bond acceptors (Lipinski definition) is 2. The maximum absolute atomic E-state index is 3.56. The van der Waals surface area contributed by atoms with Crippen LogP contribution < -0.4 is 5.32 Å². The predicted molar refractivity (Wildman–Crippen MR) is 89.0 cm³/mol. The molecule has 1 aromatic rings. The van der Waals surface area contributed by atoms with Crippen molar-refractivity contribution in [2.75, 3.05) is 26.2 Å². The zero-order valence-corrected chi connectivity index (χ0v) is 13.8. The summed E-state index contributed by atoms with van der Waals surface area (Å²) in [6.45, 7) is 14.7. The molecule has 0 radical (unpaired) electrons. The molecule has 0 atom stereocenters. The number of rotatable bonds is 10. The molecule has 0 bridgehead atoms. The second kappa shape index (κ2) is 9.15. The molecule has 0 fully saturated rings. The molecule has 1 rings (SSSR count). The molecular formula is C18H32N2. The van der Waals surface area contributed by atoms with Gasteiger partial charge in [-0.2, -0.15) is 0 Å². The highest BCUT2D eigenvalue weighted by atomic mass is 15.1. The highest BCUT2D eigenvalue weighted by Gasteiger charge is 2.27. The summed E-state index contributed by atoms with van der Waals surface area (Å²) in [5, 5.41) is 3.56. The zero-order chi connectivity index (χ0) is 14.8. The van der Waals surface area contributed by atoms with Crippen molar-refractivity contribution >= 4 is 0 Å². The van der Waals surface area contributed by atoms with Crippen molar-refractivity contribution in [2.45, 2.75) is 47.1 Å². The van der Waals surface area contributed by atoms with Crippen molar-refractivity contribution in [3.63, 3.8) is 0 Å². The summed E-state index contributed by atoms with van der Waals surface area (Å²) in [5.41, 5.74) is 1.82. The van der Waals surface area contributed by atoms with Gasteiger partial charge in [0.15, 0.2) is 0 Å². The summed E-state index contributed by atoms with van der Waals surface area (Å²) in [7, 11) is 0. The average molecular weight is 276 g/mol. The normalized spacial score (nSPS) is 12.1. The van der Waals surface area contributed by atoms with Gasteiger partial charge in [0.25, 0.3) is 0 Å². The molecule has 0 aliphatic rings. The lowest BCUT2D eigenvalue weighted by molar-refractivity contribution is 0.134. The van der Waals surface area contributed by atoms with Crippen LogP contribution in [0.4, 0.5) is 0 Å². The monoisotopic (exact) mass is 276 g/mol. The van der Waals surface area contributed by atoms with Gasteiger partial charge in [-0.1, -0.05) is 58.0 Å². The highest BCUT2D eigenvalue weighted by molar-refractivity contribution is 5.14. The quantitative estimate of drug-likeness (QED) is 0.696. The lowest BCUT2D eigenvalue weighted by Crippen LogP contribution is -2.43. The highest BCUT2D eigenvalue weighted by Crippen LogP contribution is 2.27. The second-order valence-electron chi connectivity index (χ2n) is 5.78. The fourth-order valence-corrected chi connectivity index (χ4v) is 2.77. The molecule has 0 aromatic heterocycles. The van der Waals surface area contributed by atoms with Gasteiger partial charge in [-0.05, 0) is 36.9 Å². The third-order valence-corrected chi connectivity index (χ3v) is 4.51. The summed E-state index contributed by atoms with van der Waals surface area (Å²) in [6.07, 6.45) is 2.48. The Morgan fingerprint density at radius 1 is 1.00 bits per heavy atom. The van der Waals surface area contributed by atoms with Crippen LogP contribution in [0.15, 0.2) is 30.3 Å². The summed E-state index contributed by atoms with van der Waals surface area (Å²) >= 11 is 0. The third kappa shape index (κ3) is 5.26. The third-order valence-electron chi connectivity index (χ3n) is 4.51. The second-order valence-corrected chi connectivity index (χ2v) is 5.78. The molecule has 0 spiro atoms. The minimum absolute atomic E-state index is 0.404. The summed E-state index contributed by atoms with van der Waals surface area (Å²) < 4.78 is 0. The van der Waals surface area contributed by atoms with Crippen molar-refractivity contribution in [1.82, 2.24) is 10.2 Å². The van der Waals surface area contributed by atoms with E-state index in [9.17, 15) is 0 Å². The lowest BCUT2D eigenvalue weighted by Gasteiger charge is -2.37. The van der Waals surface area contributed by atoms with Crippen molar-refractivity contribution in [3.8, 4) is 0 Å². The number of nitrogens with zero attached hydrogens (tertiary/aromatic N) is 1. The molecular weight excluding hydrogens is 244 g/mol. The Hall–Kier alpha value is -0.860. The van der Waals surface area contributed by atoms with Crippen molar-refractivity contribution in [1.29, 1.82) is 0 Å². The van der Waals surface area contributed by atoms with E-state index >= 15 is 0 Å². The van der Waals surface area contributed by atoms with Crippen LogP contribution in [-0.2, 0) is 6.54 Å². The van der Waals surface area contributed by atoms with Crippen LogP contribution in [0.1, 0.15) is 46.1 Å². The molecule has 114 valence electrons. The van der Waals surface area contributed by atoms with E-state index in [0.29, 0.717) is 5.41 Å². The summed E-state index contributed by atoms with van der Waals surface area (Å²) in [5.74, 6) is 0. The SMILES string of the molecule is CCNCC(CC)(CC)CN(CC)Cc1ccccc1. The molecule has 1 aromatic carbocycles. The van der Waals surface area contributed by atoms with Crippen LogP contribution in [-0.4, -0.2) is 31.1 Å². The van der Waals surface area contributed by atoms with Crippen LogP contribution in [0.5, 0.6) is 0 Å². The Bertz CT molecular complexity index is 344. The van der Waals surface area contributed by atoms with Gasteiger partial charge in [-0.15, -0.1) is 0 Å². The molecule has 0 saturated carbocycles. The molecule has 0 aliphatic heterocycles. The largest absolute Gasteiger partial charge is 0.316 e. The Morgan fingerprint density at radius 3 is 2.15 bits per heavy atom. The maximum atomic E-state index is 3.56. The maximum Gasteiger partial charge on any atom is 0.0233 e. The number of benzene rings is 1. The van der Waals surface area contributed by atoms with Gasteiger partial charge in [-0.3, -0.25) is 4.90 Å². The van der Waals surface area contributed by atoms with E-state index in [2.05, 4.69) is 68.2 Å². The molecule has 2 nitrogen and oxygen atoms in total. The first-order valence-electron chi connectivity index (χ1n) is 8.16. The van der Waals surface area contributed by atoms with Gasteiger partial charge in [0.2, 0.25) is 0 Å². The van der Waals surface area contributed by atoms with Crippen LogP contribution in [0.2, 0.25) is 0 Å². The Kier molecular flexibility index (Phi) is 7.86. The van der Waals surface area contributed by atoms with E-state index in [0.717, 1.165) is 26.2 Å². The Morgan fingerprint density at radius 2 is 1.65 bits per heavy atom. The first-order chi connectivity index (χ1) is 9.69. The van der Waals surface area contributed by atoms with Crippen molar-refractivity contribution in [3.05, 3.63) is 35.9 Å². The summed E-state index contributed by atoms with van der Waals surface area (Å²) in [6, 6.07) is 10.8. The molecule has 0 saturated heterocycles. The number of nitrogens with one attached hydrogen (secondary N) is 1. The fraction of sp³-hybridized carbons (Fsp3) is 0.667. The van der Waals surface area contributed by atoms with Gasteiger partial charge in [0, 0.05) is 19.6 Å². The lowest BCUT2D eigenvalue weighted by atomic mass is 9.81. The molecule has 20 heavy (non-hydrogen) atoms. The Labute approximate surface area is 125 Å². The topological polar surface area (TPSA) is 15.3 Å². The van der Waals surface area contributed by atoms with Crippen LogP contribution in [0.3, 0.4) is 0 Å². The number of hydrogen-bond donors (Lipinski definition) is 1. The van der Waals surface area contributed by atoms with Gasteiger partial charge < -0.3 is 5.32 Å². The van der Waals surface area contributed by atoms with E-state index < -0.39 is 0 Å². The van der Waals surface area contributed by atoms with Gasteiger partial charge in [-0.25, -0.2) is 0 Å². The van der Waals surface area contributed by atoms with E-state index in [4.69, 9.17) is 0 Å². The molecule has 2 heteroatoms. The molecule has 0 amide bonds. The standard InChI is InChI=1S/C18H32N2/c1-5-18(6-2,15-19-7-3)16-20(8-4)14-17-12-10-9-11-13-17/h9-13,19H,5-8,14-16H2,1-4H3. The molecule has 0 unspecified atom stereocenters. The van der Waals surface area contributed by atoms with E-state index in [1.165, 1.54) is 24.9 Å². The average Bonchev–Trinajstić information content (AvgIpc) is 2.51. The first-order valence-corrected chi connectivity index (χ1v) is 8.16. The summed E-state index contributed by atoms with van der Waals surface area (Å²) in [4.78, 5) is 2.58. The Balaban J connectivity index is 2.68. The molecule has 0 aliphatic carbocycles. The van der Waals surface area contributed by atoms with Gasteiger partial charge >= 0.3 is 0 Å². The van der Waals surface area contributed by atoms with Crippen LogP contribution in [0.25, 0.3) is 0 Å². The predicted octanol–water partition coefficient (Wildman–Crippen LogP) is 3.92. The van der Waals surface area contributed by atoms with E-state index in [1.807, 2.05) is 0 Å². The van der Waals surface area contributed by atoms with Gasteiger partial charge in [0.1, 0.15) is 0 Å². The van der Waals surface area contributed by atoms with Crippen molar-refractivity contribution in [2.24, 2.45) is 5.41 Å².